The molecule has 0 unspecified atom stereocenters. The van der Waals surface area contributed by atoms with Crippen LogP contribution in [0.3, 0.4) is 0 Å². The minimum absolute atomic E-state index is 0.00280. The van der Waals surface area contributed by atoms with Crippen LogP contribution < -0.4 is 15.4 Å². The van der Waals surface area contributed by atoms with Crippen LogP contribution in [-0.2, 0) is 16.0 Å². The second kappa shape index (κ2) is 15.0. The molecular formula is C41H43N3O6. The molecule has 50 heavy (non-hydrogen) atoms. The number of carboxylic acids is 1. The summed E-state index contributed by atoms with van der Waals surface area (Å²) in [6.07, 6.45) is 4.45. The number of pyridine rings is 1. The van der Waals surface area contributed by atoms with Crippen molar-refractivity contribution in [1.82, 2.24) is 15.6 Å². The van der Waals surface area contributed by atoms with Gasteiger partial charge in [-0.15, -0.1) is 0 Å². The van der Waals surface area contributed by atoms with Crippen LogP contribution in [0.25, 0.3) is 32.8 Å². The first-order valence-electron chi connectivity index (χ1n) is 17.1. The lowest BCUT2D eigenvalue weighted by atomic mass is 9.85. The third-order valence-corrected chi connectivity index (χ3v) is 9.07. The van der Waals surface area contributed by atoms with Crippen LogP contribution in [0.5, 0.6) is 5.75 Å². The Kier molecular flexibility index (Phi) is 10.3. The molecule has 1 aliphatic rings. The predicted octanol–water partition coefficient (Wildman–Crippen LogP) is 7.94. The molecule has 1 aromatic heterocycles. The van der Waals surface area contributed by atoms with Crippen molar-refractivity contribution in [3.05, 3.63) is 108 Å². The summed E-state index contributed by atoms with van der Waals surface area (Å²) in [7, 11) is 0. The van der Waals surface area contributed by atoms with Crippen LogP contribution in [0.2, 0.25) is 0 Å². The highest BCUT2D eigenvalue weighted by Crippen LogP contribution is 2.28. The molecule has 0 saturated heterocycles. The van der Waals surface area contributed by atoms with Crippen LogP contribution >= 0.6 is 0 Å². The number of carbonyl (C=O) groups excluding carboxylic acids is 2. The quantitative estimate of drug-likeness (QED) is 0.137. The number of ether oxygens (including phenoxy) is 2. The Bertz CT molecular complexity index is 1990. The summed E-state index contributed by atoms with van der Waals surface area (Å²) < 4.78 is 11.7. The van der Waals surface area contributed by atoms with Crippen molar-refractivity contribution in [3.63, 3.8) is 0 Å². The molecule has 1 atom stereocenters. The Morgan fingerprint density at radius 2 is 1.58 bits per heavy atom. The van der Waals surface area contributed by atoms with Gasteiger partial charge in [0.05, 0.1) is 17.1 Å². The zero-order valence-electron chi connectivity index (χ0n) is 28.6. The molecule has 0 aliphatic heterocycles. The Balaban J connectivity index is 1.12. The van der Waals surface area contributed by atoms with E-state index < -0.39 is 17.7 Å². The third-order valence-electron chi connectivity index (χ3n) is 9.07. The lowest BCUT2D eigenvalue weighted by Crippen LogP contribution is -2.46. The highest BCUT2D eigenvalue weighted by Gasteiger charge is 2.29. The number of hydrogen-bond donors (Lipinski definition) is 3. The van der Waals surface area contributed by atoms with E-state index in [0.29, 0.717) is 48.8 Å². The molecule has 1 aliphatic carbocycles. The fourth-order valence-corrected chi connectivity index (χ4v) is 6.55. The van der Waals surface area contributed by atoms with Crippen LogP contribution in [0.4, 0.5) is 4.79 Å². The Labute approximate surface area is 292 Å². The van der Waals surface area contributed by atoms with Crippen molar-refractivity contribution < 1.29 is 29.0 Å². The molecule has 5 aromatic rings. The van der Waals surface area contributed by atoms with Gasteiger partial charge in [-0.25, -0.2) is 9.59 Å². The number of amides is 2. The minimum atomic E-state index is -0.994. The number of carbonyl (C=O) groups is 3. The maximum atomic E-state index is 13.6. The zero-order chi connectivity index (χ0) is 35.3. The smallest absolute Gasteiger partial charge is 0.407 e. The van der Waals surface area contributed by atoms with Crippen LogP contribution in [-0.4, -0.2) is 52.4 Å². The van der Waals surface area contributed by atoms with Gasteiger partial charge in [-0.1, -0.05) is 60.7 Å². The van der Waals surface area contributed by atoms with Crippen molar-refractivity contribution in [3.8, 4) is 16.9 Å². The van der Waals surface area contributed by atoms with Gasteiger partial charge in [0.2, 0.25) is 5.91 Å². The predicted molar refractivity (Wildman–Crippen MR) is 194 cm³/mol. The number of hydrogen-bond acceptors (Lipinski definition) is 6. The molecule has 0 spiro atoms. The lowest BCUT2D eigenvalue weighted by molar-refractivity contribution is -0.127. The van der Waals surface area contributed by atoms with E-state index in [-0.39, 0.29) is 36.1 Å². The zero-order valence-corrected chi connectivity index (χ0v) is 28.6. The van der Waals surface area contributed by atoms with Crippen molar-refractivity contribution in [2.24, 2.45) is 5.92 Å². The largest absolute Gasteiger partial charge is 0.491 e. The molecule has 4 aromatic carbocycles. The van der Waals surface area contributed by atoms with E-state index in [1.54, 1.807) is 0 Å². The van der Waals surface area contributed by atoms with Gasteiger partial charge in [0.15, 0.2) is 0 Å². The summed E-state index contributed by atoms with van der Waals surface area (Å²) in [5, 5.41) is 18.7. The lowest BCUT2D eigenvalue weighted by Gasteiger charge is -2.30. The normalized spacial score (nSPS) is 16.8. The van der Waals surface area contributed by atoms with E-state index in [0.717, 1.165) is 27.5 Å². The fraction of sp³-hybridized carbons (Fsp3) is 0.317. The number of nitrogens with zero attached hydrogens (tertiary/aromatic N) is 1. The van der Waals surface area contributed by atoms with E-state index in [2.05, 4.69) is 45.9 Å². The molecule has 6 rings (SSSR count). The number of aromatic nitrogens is 1. The van der Waals surface area contributed by atoms with Crippen molar-refractivity contribution in [2.75, 3.05) is 6.61 Å². The second-order valence-corrected chi connectivity index (χ2v) is 14.0. The van der Waals surface area contributed by atoms with E-state index in [4.69, 9.17) is 9.47 Å². The highest BCUT2D eigenvalue weighted by atomic mass is 16.6. The first-order valence-corrected chi connectivity index (χ1v) is 17.1. The standard InChI is InChI=1S/C41H43N3O6/c1-41(2,3)50-40(48)44-32-15-10-29(11-16-32)38(45)43-33(23-26-8-9-27-6-4-5-7-30(27)22-26)25-49-34-17-12-28(13-18-34)31-14-19-37-36(24-31)35(39(46)47)20-21-42-37/h4-9,12-14,17-22,24,29,32-33H,10-11,15-16,23,25H2,1-3H3,(H,43,45)(H,44,48)(H,46,47)/t29?,32?,33-/m0/s1. The van der Waals surface area contributed by atoms with Gasteiger partial charge in [-0.05, 0) is 111 Å². The summed E-state index contributed by atoms with van der Waals surface area (Å²) in [5.41, 5.74) is 3.16. The van der Waals surface area contributed by atoms with Crippen molar-refractivity contribution in [1.29, 1.82) is 0 Å². The maximum Gasteiger partial charge on any atom is 0.407 e. The molecule has 1 heterocycles. The Morgan fingerprint density at radius 3 is 2.30 bits per heavy atom. The number of benzene rings is 4. The van der Waals surface area contributed by atoms with Gasteiger partial charge >= 0.3 is 12.1 Å². The molecule has 2 amide bonds. The topological polar surface area (TPSA) is 127 Å². The molecule has 258 valence electrons. The van der Waals surface area contributed by atoms with Crippen LogP contribution in [0.1, 0.15) is 62.4 Å². The number of carboxylic acid groups (broad SMARTS) is 1. The number of rotatable bonds is 10. The molecule has 9 heteroatoms. The average Bonchev–Trinajstić information content (AvgIpc) is 3.09. The first-order chi connectivity index (χ1) is 24.0. The average molecular weight is 674 g/mol. The molecule has 9 nitrogen and oxygen atoms in total. The van der Waals surface area contributed by atoms with Crippen LogP contribution in [0.15, 0.2) is 97.2 Å². The molecular weight excluding hydrogens is 630 g/mol. The molecule has 0 bridgehead atoms. The van der Waals surface area contributed by atoms with Gasteiger partial charge in [0, 0.05) is 23.5 Å². The van der Waals surface area contributed by atoms with Gasteiger partial charge in [0.25, 0.3) is 0 Å². The monoisotopic (exact) mass is 673 g/mol. The minimum Gasteiger partial charge on any atom is -0.491 e. The van der Waals surface area contributed by atoms with Gasteiger partial charge in [-0.3, -0.25) is 9.78 Å². The van der Waals surface area contributed by atoms with E-state index in [1.807, 2.05) is 75.4 Å². The molecule has 3 N–H and O–H groups in total. The SMILES string of the molecule is CC(C)(C)OC(=O)NC1CCC(C(=O)N[C@H](COc2ccc(-c3ccc4nccc(C(=O)O)c4c3)cc2)Cc2ccc3ccccc3c2)CC1. The summed E-state index contributed by atoms with van der Waals surface area (Å²) in [6.45, 7) is 5.79. The summed E-state index contributed by atoms with van der Waals surface area (Å²) >= 11 is 0. The number of fused-ring (bicyclic) bond motifs is 2. The van der Waals surface area contributed by atoms with Gasteiger partial charge in [0.1, 0.15) is 18.0 Å². The van der Waals surface area contributed by atoms with Crippen molar-refractivity contribution >= 4 is 39.6 Å². The second-order valence-electron chi connectivity index (χ2n) is 14.0. The van der Waals surface area contributed by atoms with Gasteiger partial charge < -0.3 is 25.2 Å². The summed E-state index contributed by atoms with van der Waals surface area (Å²) in [6, 6.07) is 29.0. The summed E-state index contributed by atoms with van der Waals surface area (Å²) in [5.74, 6) is -0.485. The Morgan fingerprint density at radius 1 is 0.860 bits per heavy atom. The Hall–Kier alpha value is -5.44. The molecule has 0 radical (unpaired) electrons. The number of nitrogens with one attached hydrogen (secondary N) is 2. The molecule has 1 saturated carbocycles. The maximum absolute atomic E-state index is 13.6. The highest BCUT2D eigenvalue weighted by molar-refractivity contribution is 6.03. The fourth-order valence-electron chi connectivity index (χ4n) is 6.55. The van der Waals surface area contributed by atoms with E-state index in [9.17, 15) is 19.5 Å². The first kappa shape index (κ1) is 34.4. The van der Waals surface area contributed by atoms with E-state index >= 15 is 0 Å². The van der Waals surface area contributed by atoms with Crippen molar-refractivity contribution in [2.45, 2.75) is 70.6 Å². The molecule has 1 fully saturated rings. The van der Waals surface area contributed by atoms with Crippen LogP contribution in [0, 0.1) is 5.92 Å². The van der Waals surface area contributed by atoms with Gasteiger partial charge in [-0.2, -0.15) is 0 Å². The summed E-state index contributed by atoms with van der Waals surface area (Å²) in [4.78, 5) is 41.9. The van der Waals surface area contributed by atoms with E-state index in [1.165, 1.54) is 12.3 Å². The third kappa shape index (κ3) is 8.77. The number of alkyl carbamates (subject to hydrolysis) is 1. The number of aromatic carboxylic acids is 1.